The van der Waals surface area contributed by atoms with Gasteiger partial charge in [-0.1, -0.05) is 58.9 Å². The van der Waals surface area contributed by atoms with E-state index in [1.165, 1.54) is 17.7 Å². The second-order valence-electron chi connectivity index (χ2n) is 19.5. The maximum absolute atomic E-state index is 15.0. The van der Waals surface area contributed by atoms with Crippen LogP contribution in [0.5, 0.6) is 0 Å². The molecule has 4 N–H and O–H groups in total. The van der Waals surface area contributed by atoms with E-state index < -0.39 is 22.4 Å². The fraction of sp³-hybridized carbons (Fsp3) is 0.727. The largest absolute Gasteiger partial charge is 0.478 e. The Labute approximate surface area is 319 Å². The van der Waals surface area contributed by atoms with Crippen molar-refractivity contribution < 1.29 is 28.2 Å². The van der Waals surface area contributed by atoms with E-state index in [-0.39, 0.29) is 38.5 Å². The van der Waals surface area contributed by atoms with Crippen LogP contribution < -0.4 is 5.32 Å². The molecule has 5 fully saturated rings. The lowest BCUT2D eigenvalue weighted by molar-refractivity contribution is -0.225. The molecule has 9 heteroatoms. The lowest BCUT2D eigenvalue weighted by Gasteiger charge is -2.72. The van der Waals surface area contributed by atoms with Crippen molar-refractivity contribution in [3.63, 3.8) is 0 Å². The first-order valence-electron chi connectivity index (χ1n) is 20.4. The van der Waals surface area contributed by atoms with Crippen molar-refractivity contribution in [2.45, 2.75) is 106 Å². The Bertz CT molecular complexity index is 1680. The van der Waals surface area contributed by atoms with E-state index in [1.807, 2.05) is 0 Å². The van der Waals surface area contributed by atoms with Gasteiger partial charge >= 0.3 is 5.97 Å². The molecule has 0 unspecified atom stereocenters. The van der Waals surface area contributed by atoms with E-state index in [2.05, 4.69) is 64.4 Å². The number of halogens is 1. The van der Waals surface area contributed by atoms with Crippen LogP contribution in [0, 0.1) is 62.5 Å². The number of amides is 1. The molecule has 4 saturated carbocycles. The third-order valence-corrected chi connectivity index (χ3v) is 18.7. The number of hydrogen-bond donors (Lipinski definition) is 4. The summed E-state index contributed by atoms with van der Waals surface area (Å²) in [6.45, 7) is 22.0. The van der Waals surface area contributed by atoms with E-state index in [1.54, 1.807) is 6.07 Å². The molecule has 1 heterocycles. The molecule has 7 nitrogen and oxygen atoms in total. The Morgan fingerprint density at radius 1 is 0.962 bits per heavy atom. The minimum Gasteiger partial charge on any atom is -0.478 e. The fourth-order valence-electron chi connectivity index (χ4n) is 14.2. The van der Waals surface area contributed by atoms with E-state index in [0.717, 1.165) is 81.9 Å². The summed E-state index contributed by atoms with van der Waals surface area (Å²) in [5.41, 5.74) is 2.63. The first kappa shape index (κ1) is 39.1. The molecule has 1 aliphatic heterocycles. The minimum atomic E-state index is -2.40. The maximum atomic E-state index is 15.0. The van der Waals surface area contributed by atoms with E-state index >= 15 is 0 Å². The number of carboxylic acids is 1. The first-order valence-corrected chi connectivity index (χ1v) is 22.3. The fourth-order valence-corrected chi connectivity index (χ4v) is 15.5. The number of carbonyl (C=O) groups excluding carboxylic acids is 1. The van der Waals surface area contributed by atoms with Gasteiger partial charge in [0.1, 0.15) is 5.82 Å². The number of rotatable bonds is 8. The van der Waals surface area contributed by atoms with Gasteiger partial charge in [-0.05, 0) is 152 Å². The van der Waals surface area contributed by atoms with Crippen molar-refractivity contribution in [3.8, 4) is 0 Å². The zero-order valence-corrected chi connectivity index (χ0v) is 33.9. The van der Waals surface area contributed by atoms with E-state index in [0.29, 0.717) is 60.7 Å². The normalized spacial score (nSPS) is 40.8. The number of fused-ring (bicyclic) bond motifs is 7. The molecule has 6 aliphatic rings. The summed E-state index contributed by atoms with van der Waals surface area (Å²) < 4.78 is 34.9. The summed E-state index contributed by atoms with van der Waals surface area (Å²) in [5.74, 6) is 1.30. The molecule has 1 aromatic carbocycles. The molecule has 0 aromatic heterocycles. The monoisotopic (exact) mass is 752 g/mol. The average Bonchev–Trinajstić information content (AvgIpc) is 3.48. The molecule has 1 aromatic rings. The van der Waals surface area contributed by atoms with Crippen LogP contribution >= 0.6 is 10.6 Å². The maximum Gasteiger partial charge on any atom is 0.338 e. The highest BCUT2D eigenvalue weighted by atomic mass is 32.3. The number of nitrogens with zero attached hydrogens (tertiary/aromatic N) is 1. The molecular formula is C44H65FN2O5S. The zero-order chi connectivity index (χ0) is 38.4. The number of benzene rings is 1. The number of nitrogens with one attached hydrogen (secondary N) is 1. The second kappa shape index (κ2) is 13.5. The minimum absolute atomic E-state index is 0.0778. The Hall–Kier alpha value is -2.20. The summed E-state index contributed by atoms with van der Waals surface area (Å²) in [5, 5.41) is 12.9. The van der Waals surface area contributed by atoms with Gasteiger partial charge in [-0.2, -0.15) is 10.6 Å². The molecule has 294 valence electrons. The summed E-state index contributed by atoms with van der Waals surface area (Å²) >= 11 is 0. The van der Waals surface area contributed by atoms with Crippen LogP contribution in [0.25, 0.3) is 5.57 Å². The smallest absolute Gasteiger partial charge is 0.338 e. The van der Waals surface area contributed by atoms with Gasteiger partial charge in [-0.25, -0.2) is 9.18 Å². The Kier molecular flexibility index (Phi) is 9.93. The van der Waals surface area contributed by atoms with Crippen molar-refractivity contribution in [1.29, 1.82) is 0 Å². The molecule has 7 rings (SSSR count). The SMILES string of the molecule is C=C(C)[C@@H]1CC[C@]2(C(=O)NCCCN3CCS(O)(O)CC3)CC[C@]3(C)[C@H](CC[C@@H]4[C@@]5(C)CC=C(c6ccc(C(=O)O)c(F)c6)C(C)(C)[C@@H]5CC[C@]43C)[C@@H]12. The summed E-state index contributed by atoms with van der Waals surface area (Å²) in [6.07, 6.45) is 12.7. The lowest BCUT2D eigenvalue weighted by atomic mass is 9.32. The second-order valence-corrected chi connectivity index (χ2v) is 22.0. The van der Waals surface area contributed by atoms with Crippen LogP contribution in [-0.2, 0) is 4.79 Å². The number of hydrogen-bond acceptors (Lipinski definition) is 5. The summed E-state index contributed by atoms with van der Waals surface area (Å²) in [4.78, 5) is 28.3. The van der Waals surface area contributed by atoms with Crippen LogP contribution in [0.4, 0.5) is 4.39 Å². The highest BCUT2D eigenvalue weighted by Gasteiger charge is 2.71. The topological polar surface area (TPSA) is 110 Å². The summed E-state index contributed by atoms with van der Waals surface area (Å²) in [6, 6.07) is 4.63. The van der Waals surface area contributed by atoms with Gasteiger partial charge in [0.2, 0.25) is 5.91 Å². The van der Waals surface area contributed by atoms with E-state index in [9.17, 15) is 28.2 Å². The van der Waals surface area contributed by atoms with Gasteiger partial charge in [0.25, 0.3) is 0 Å². The van der Waals surface area contributed by atoms with Crippen LogP contribution in [-0.4, -0.2) is 68.7 Å². The van der Waals surface area contributed by atoms with Gasteiger partial charge < -0.3 is 15.3 Å². The Balaban J connectivity index is 1.12. The highest BCUT2D eigenvalue weighted by Crippen LogP contribution is 2.77. The molecule has 1 saturated heterocycles. The van der Waals surface area contributed by atoms with Gasteiger partial charge in [-0.3, -0.25) is 13.9 Å². The van der Waals surface area contributed by atoms with Crippen molar-refractivity contribution in [2.75, 3.05) is 37.7 Å². The third kappa shape index (κ3) is 6.08. The lowest BCUT2D eigenvalue weighted by Crippen LogP contribution is -2.66. The molecule has 1 amide bonds. The van der Waals surface area contributed by atoms with Crippen LogP contribution in [0.3, 0.4) is 0 Å². The Morgan fingerprint density at radius 2 is 1.68 bits per heavy atom. The summed E-state index contributed by atoms with van der Waals surface area (Å²) in [7, 11) is -2.40. The van der Waals surface area contributed by atoms with Gasteiger partial charge in [-0.15, -0.1) is 0 Å². The predicted octanol–water partition coefficient (Wildman–Crippen LogP) is 9.75. The number of carbonyl (C=O) groups is 2. The predicted molar refractivity (Wildman–Crippen MR) is 212 cm³/mol. The van der Waals surface area contributed by atoms with Crippen LogP contribution in [0.1, 0.15) is 122 Å². The van der Waals surface area contributed by atoms with E-state index in [4.69, 9.17) is 0 Å². The van der Waals surface area contributed by atoms with Crippen molar-refractivity contribution in [3.05, 3.63) is 53.4 Å². The third-order valence-electron chi connectivity index (χ3n) is 17.0. The quantitative estimate of drug-likeness (QED) is 0.156. The van der Waals surface area contributed by atoms with Gasteiger partial charge in [0.05, 0.1) is 22.5 Å². The van der Waals surface area contributed by atoms with Gasteiger partial charge in [0.15, 0.2) is 0 Å². The molecule has 5 aliphatic carbocycles. The molecular weight excluding hydrogens is 688 g/mol. The number of carboxylic acid groups (broad SMARTS) is 1. The average molecular weight is 753 g/mol. The molecule has 0 bridgehead atoms. The highest BCUT2D eigenvalue weighted by molar-refractivity contribution is 8.24. The van der Waals surface area contributed by atoms with Crippen molar-refractivity contribution >= 4 is 28.0 Å². The van der Waals surface area contributed by atoms with Crippen LogP contribution in [0.2, 0.25) is 0 Å². The standard InChI is InChI=1S/C44H65FN2O5S/c1-28(2)30-13-18-44(39(50)46-21-8-22-47-23-25-53(51,52)26-24-47)20-19-42(6)33(37(30)44)11-12-36-41(5)16-14-32(29-9-10-31(38(48)49)34(45)27-29)40(3,4)35(41)15-17-43(36,42)7/h9-10,14,27,30,33,35-37,51-52H,1,8,11-13,15-26H2,2-7H3,(H,46,50)(H,48,49)/t30-,33+,35-,36+,37+,41-,42+,43+,44-/m0/s1. The molecule has 9 atom stereocenters. The Morgan fingerprint density at radius 3 is 2.34 bits per heavy atom. The zero-order valence-electron chi connectivity index (χ0n) is 33.1. The van der Waals surface area contributed by atoms with Crippen molar-refractivity contribution in [2.24, 2.45) is 56.7 Å². The van der Waals surface area contributed by atoms with Crippen LogP contribution in [0.15, 0.2) is 36.4 Å². The molecule has 0 radical (unpaired) electrons. The first-order chi connectivity index (χ1) is 24.8. The molecule has 0 spiro atoms. The number of aromatic carboxylic acids is 1. The van der Waals surface area contributed by atoms with Gasteiger partial charge in [0, 0.05) is 19.6 Å². The molecule has 53 heavy (non-hydrogen) atoms. The van der Waals surface area contributed by atoms with Crippen molar-refractivity contribution in [1.82, 2.24) is 10.2 Å². The number of allylic oxidation sites excluding steroid dienone is 3.